The molecule has 20 heavy (non-hydrogen) atoms. The van der Waals surface area contributed by atoms with Crippen molar-refractivity contribution in [3.63, 3.8) is 0 Å². The van der Waals surface area contributed by atoms with Crippen molar-refractivity contribution < 1.29 is 18.8 Å². The van der Waals surface area contributed by atoms with Crippen molar-refractivity contribution in [2.24, 2.45) is 5.92 Å². The summed E-state index contributed by atoms with van der Waals surface area (Å²) in [5.74, 6) is -1.10. The third-order valence-corrected chi connectivity index (χ3v) is 3.48. The molecule has 1 saturated carbocycles. The summed E-state index contributed by atoms with van der Waals surface area (Å²) < 4.78 is 17.7. The van der Waals surface area contributed by atoms with Crippen LogP contribution in [0, 0.1) is 21.8 Å². The topological polar surface area (TPSA) is 81.5 Å². The van der Waals surface area contributed by atoms with E-state index in [9.17, 15) is 19.3 Å². The van der Waals surface area contributed by atoms with Crippen LogP contribution in [0.2, 0.25) is 0 Å². The first-order chi connectivity index (χ1) is 9.51. The molecule has 0 aliphatic heterocycles. The Morgan fingerprint density at radius 1 is 1.50 bits per heavy atom. The second kappa shape index (κ2) is 5.85. The number of benzene rings is 1. The zero-order chi connectivity index (χ0) is 14.7. The van der Waals surface area contributed by atoms with Crippen LogP contribution in [0.1, 0.15) is 19.3 Å². The quantitative estimate of drug-likeness (QED) is 0.521. The molecule has 1 aliphatic rings. The van der Waals surface area contributed by atoms with E-state index in [0.717, 1.165) is 6.07 Å². The van der Waals surface area contributed by atoms with Gasteiger partial charge in [-0.05, 0) is 31.4 Å². The molecule has 7 heteroatoms. The van der Waals surface area contributed by atoms with E-state index in [4.69, 9.17) is 0 Å². The van der Waals surface area contributed by atoms with Crippen molar-refractivity contribution in [3.05, 3.63) is 34.1 Å². The number of esters is 1. The summed E-state index contributed by atoms with van der Waals surface area (Å²) in [5.41, 5.74) is -0.0292. The lowest BCUT2D eigenvalue weighted by Gasteiger charge is -2.14. The molecule has 0 bridgehead atoms. The summed E-state index contributed by atoms with van der Waals surface area (Å²) in [6.07, 6.45) is 1.95. The van der Waals surface area contributed by atoms with Crippen LogP contribution in [-0.4, -0.2) is 24.0 Å². The number of nitrogens with one attached hydrogen (secondary N) is 1. The third kappa shape index (κ3) is 3.04. The maximum Gasteiger partial charge on any atom is 0.308 e. The fourth-order valence-electron chi connectivity index (χ4n) is 2.49. The van der Waals surface area contributed by atoms with Crippen LogP contribution in [0.5, 0.6) is 0 Å². The van der Waals surface area contributed by atoms with Gasteiger partial charge in [-0.1, -0.05) is 0 Å². The van der Waals surface area contributed by atoms with Gasteiger partial charge < -0.3 is 10.1 Å². The second-order valence-corrected chi connectivity index (χ2v) is 4.79. The number of halogens is 1. The van der Waals surface area contributed by atoms with Crippen molar-refractivity contribution >= 4 is 17.3 Å². The summed E-state index contributed by atoms with van der Waals surface area (Å²) >= 11 is 0. The van der Waals surface area contributed by atoms with Gasteiger partial charge in [0.15, 0.2) is 0 Å². The number of nitrogens with zero attached hydrogens (tertiary/aromatic N) is 1. The zero-order valence-electron chi connectivity index (χ0n) is 11.0. The van der Waals surface area contributed by atoms with Gasteiger partial charge in [-0.2, -0.15) is 0 Å². The molecule has 108 valence electrons. The lowest BCUT2D eigenvalue weighted by atomic mass is 10.1. The number of methoxy groups -OCH3 is 1. The number of hydrogen-bond donors (Lipinski definition) is 1. The molecule has 2 atom stereocenters. The van der Waals surface area contributed by atoms with Crippen LogP contribution in [0.15, 0.2) is 18.2 Å². The highest BCUT2D eigenvalue weighted by Crippen LogP contribution is 2.32. The highest BCUT2D eigenvalue weighted by atomic mass is 19.1. The van der Waals surface area contributed by atoms with Crippen LogP contribution in [0.4, 0.5) is 15.8 Å². The standard InChI is InChI=1S/C13H15FN2O4/c1-20-13(17)8-2-4-10(6-8)15-11-5-3-9(14)7-12(11)16(18)19/h3,5,7-8,10,15H,2,4,6H2,1H3/t8-,10+/m0/s1. The first-order valence-electron chi connectivity index (χ1n) is 6.29. The van der Waals surface area contributed by atoms with Gasteiger partial charge in [-0.3, -0.25) is 14.9 Å². The predicted octanol–water partition coefficient (Wildman–Crippen LogP) is 2.49. The molecule has 1 N–H and O–H groups in total. The Labute approximate surface area is 115 Å². The molecule has 1 aromatic rings. The lowest BCUT2D eigenvalue weighted by Crippen LogP contribution is -2.19. The minimum Gasteiger partial charge on any atom is -0.469 e. The van der Waals surface area contributed by atoms with Gasteiger partial charge in [-0.15, -0.1) is 0 Å². The Hall–Kier alpha value is -2.18. The van der Waals surface area contributed by atoms with E-state index >= 15 is 0 Å². The van der Waals surface area contributed by atoms with Gasteiger partial charge in [0.25, 0.3) is 5.69 Å². The Bertz CT molecular complexity index is 535. The first-order valence-corrected chi connectivity index (χ1v) is 6.29. The maximum atomic E-state index is 13.0. The molecule has 0 saturated heterocycles. The maximum absolute atomic E-state index is 13.0. The van der Waals surface area contributed by atoms with E-state index in [0.29, 0.717) is 19.3 Å². The molecule has 1 fully saturated rings. The molecule has 0 aromatic heterocycles. The van der Waals surface area contributed by atoms with Gasteiger partial charge in [0.05, 0.1) is 24.0 Å². The van der Waals surface area contributed by atoms with Crippen molar-refractivity contribution in [1.29, 1.82) is 0 Å². The van der Waals surface area contributed by atoms with E-state index in [1.807, 2.05) is 0 Å². The Kier molecular flexibility index (Phi) is 4.16. The number of nitro groups is 1. The Morgan fingerprint density at radius 3 is 2.90 bits per heavy atom. The summed E-state index contributed by atoms with van der Waals surface area (Å²) in [6, 6.07) is 3.35. The smallest absolute Gasteiger partial charge is 0.308 e. The lowest BCUT2D eigenvalue weighted by molar-refractivity contribution is -0.384. The molecular formula is C13H15FN2O4. The van der Waals surface area contributed by atoms with Crippen LogP contribution >= 0.6 is 0 Å². The van der Waals surface area contributed by atoms with Crippen molar-refractivity contribution in [1.82, 2.24) is 0 Å². The average Bonchev–Trinajstić information content (AvgIpc) is 2.88. The van der Waals surface area contributed by atoms with E-state index in [-0.39, 0.29) is 29.3 Å². The van der Waals surface area contributed by atoms with Gasteiger partial charge in [0.2, 0.25) is 0 Å². The van der Waals surface area contributed by atoms with Crippen molar-refractivity contribution in [3.8, 4) is 0 Å². The second-order valence-electron chi connectivity index (χ2n) is 4.79. The largest absolute Gasteiger partial charge is 0.469 e. The molecule has 0 amide bonds. The Balaban J connectivity index is 2.08. The molecule has 0 spiro atoms. The first kappa shape index (κ1) is 14.2. The fraction of sp³-hybridized carbons (Fsp3) is 0.462. The fourth-order valence-corrected chi connectivity index (χ4v) is 2.49. The number of hydrogen-bond acceptors (Lipinski definition) is 5. The third-order valence-electron chi connectivity index (χ3n) is 3.48. The van der Waals surface area contributed by atoms with Crippen LogP contribution in [0.25, 0.3) is 0 Å². The van der Waals surface area contributed by atoms with E-state index in [2.05, 4.69) is 10.1 Å². The van der Waals surface area contributed by atoms with E-state index in [1.165, 1.54) is 19.2 Å². The van der Waals surface area contributed by atoms with Crippen molar-refractivity contribution in [2.45, 2.75) is 25.3 Å². The number of carbonyl (C=O) groups excluding carboxylic acids is 1. The highest BCUT2D eigenvalue weighted by Gasteiger charge is 2.31. The van der Waals surface area contributed by atoms with Crippen LogP contribution < -0.4 is 5.32 Å². The van der Waals surface area contributed by atoms with E-state index in [1.54, 1.807) is 0 Å². The summed E-state index contributed by atoms with van der Waals surface area (Å²) in [4.78, 5) is 21.7. The molecule has 1 aliphatic carbocycles. The number of ether oxygens (including phenoxy) is 1. The molecule has 0 heterocycles. The van der Waals surface area contributed by atoms with Crippen LogP contribution in [-0.2, 0) is 9.53 Å². The average molecular weight is 282 g/mol. The predicted molar refractivity (Wildman–Crippen MR) is 69.8 cm³/mol. The molecule has 0 radical (unpaired) electrons. The Morgan fingerprint density at radius 2 is 2.25 bits per heavy atom. The SMILES string of the molecule is COC(=O)[C@H]1CC[C@@H](Nc2ccc(F)cc2[N+](=O)[O-])C1. The van der Waals surface area contributed by atoms with E-state index < -0.39 is 10.7 Å². The molecule has 6 nitrogen and oxygen atoms in total. The van der Waals surface area contributed by atoms with Gasteiger partial charge >= 0.3 is 5.97 Å². The highest BCUT2D eigenvalue weighted by molar-refractivity contribution is 5.73. The zero-order valence-corrected chi connectivity index (χ0v) is 11.0. The molecular weight excluding hydrogens is 267 g/mol. The van der Waals surface area contributed by atoms with Gasteiger partial charge in [-0.25, -0.2) is 4.39 Å². The summed E-state index contributed by atoms with van der Waals surface area (Å²) in [7, 11) is 1.34. The number of anilines is 1. The van der Waals surface area contributed by atoms with Gasteiger partial charge in [0.1, 0.15) is 11.5 Å². The minimum atomic E-state index is -0.652. The number of rotatable bonds is 4. The normalized spacial score (nSPS) is 21.5. The van der Waals surface area contributed by atoms with Crippen molar-refractivity contribution in [2.75, 3.05) is 12.4 Å². The molecule has 2 rings (SSSR count). The number of nitro benzene ring substituents is 1. The minimum absolute atomic E-state index is 0.0525. The summed E-state index contributed by atoms with van der Waals surface area (Å²) in [6.45, 7) is 0. The monoisotopic (exact) mass is 282 g/mol. The number of carbonyl (C=O) groups is 1. The van der Waals surface area contributed by atoms with Crippen LogP contribution in [0.3, 0.4) is 0 Å². The molecule has 1 aromatic carbocycles. The summed E-state index contributed by atoms with van der Waals surface area (Å²) in [5, 5.41) is 13.9. The van der Waals surface area contributed by atoms with Gasteiger partial charge in [0, 0.05) is 6.04 Å². The molecule has 0 unspecified atom stereocenters.